The van der Waals surface area contributed by atoms with Gasteiger partial charge in [-0.2, -0.15) is 0 Å². The monoisotopic (exact) mass is 457 g/mol. The molecule has 2 aromatic rings. The molecule has 1 N–H and O–H groups in total. The molecule has 0 radical (unpaired) electrons. The Hall–Kier alpha value is -2.74. The molecule has 1 aromatic carbocycles. The molecule has 0 unspecified atom stereocenters. The van der Waals surface area contributed by atoms with E-state index >= 15 is 0 Å². The molecule has 1 aliphatic carbocycles. The van der Waals surface area contributed by atoms with Crippen LogP contribution in [0.4, 0.5) is 8.78 Å². The molecule has 0 bridgehead atoms. The average Bonchev–Trinajstić information content (AvgIpc) is 2.73. The highest BCUT2D eigenvalue weighted by molar-refractivity contribution is 5.96. The zero-order valence-corrected chi connectivity index (χ0v) is 18.8. The van der Waals surface area contributed by atoms with E-state index in [4.69, 9.17) is 0 Å². The van der Waals surface area contributed by atoms with Gasteiger partial charge in [-0.3, -0.25) is 14.5 Å². The number of hydrogen-bond acceptors (Lipinski definition) is 4. The number of carbonyl (C=O) groups is 1. The number of aryl methyl sites for hydroxylation is 2. The summed E-state index contributed by atoms with van der Waals surface area (Å²) < 4.78 is 28.8. The number of fused-ring (bicyclic) bond motifs is 2. The minimum atomic E-state index is -0.624. The Kier molecular flexibility index (Phi) is 5.72. The van der Waals surface area contributed by atoms with E-state index in [-0.39, 0.29) is 23.8 Å². The lowest BCUT2D eigenvalue weighted by Crippen LogP contribution is -2.66. The third kappa shape index (κ3) is 3.84. The minimum absolute atomic E-state index is 0.0485. The number of nitrogens with zero attached hydrogens (tertiary/aromatic N) is 3. The van der Waals surface area contributed by atoms with E-state index in [1.807, 2.05) is 11.8 Å². The van der Waals surface area contributed by atoms with Gasteiger partial charge in [-0.25, -0.2) is 8.78 Å². The van der Waals surface area contributed by atoms with Crippen LogP contribution in [-0.2, 0) is 19.4 Å². The van der Waals surface area contributed by atoms with Gasteiger partial charge >= 0.3 is 0 Å². The van der Waals surface area contributed by atoms with Gasteiger partial charge in [-0.1, -0.05) is 12.5 Å². The molecule has 3 aliphatic rings. The highest BCUT2D eigenvalue weighted by atomic mass is 19.1. The van der Waals surface area contributed by atoms with Crippen LogP contribution in [0.25, 0.3) is 0 Å². The van der Waals surface area contributed by atoms with Crippen LogP contribution in [-0.4, -0.2) is 50.2 Å². The van der Waals surface area contributed by atoms with E-state index in [9.17, 15) is 23.5 Å². The third-order valence-electron chi connectivity index (χ3n) is 7.56. The normalized spacial score (nSPS) is 23.2. The number of aromatic nitrogens is 1. The van der Waals surface area contributed by atoms with E-state index in [0.717, 1.165) is 31.9 Å². The van der Waals surface area contributed by atoms with Crippen LogP contribution in [0.5, 0.6) is 5.75 Å². The van der Waals surface area contributed by atoms with Crippen molar-refractivity contribution in [2.75, 3.05) is 6.54 Å². The fourth-order valence-corrected chi connectivity index (χ4v) is 5.50. The first-order valence-corrected chi connectivity index (χ1v) is 11.8. The summed E-state index contributed by atoms with van der Waals surface area (Å²) in [7, 11) is 0. The molecule has 5 rings (SSSR count). The van der Waals surface area contributed by atoms with E-state index in [1.54, 1.807) is 10.8 Å². The third-order valence-corrected chi connectivity index (χ3v) is 7.56. The van der Waals surface area contributed by atoms with Crippen molar-refractivity contribution in [2.24, 2.45) is 0 Å². The Bertz CT molecular complexity index is 1140. The summed E-state index contributed by atoms with van der Waals surface area (Å²) >= 11 is 0. The van der Waals surface area contributed by atoms with E-state index in [0.29, 0.717) is 43.0 Å². The molecule has 1 amide bonds. The van der Waals surface area contributed by atoms with Crippen LogP contribution in [0, 0.1) is 11.6 Å². The van der Waals surface area contributed by atoms with E-state index in [2.05, 4.69) is 4.90 Å². The molecule has 2 aliphatic heterocycles. The standard InChI is InChI=1S/C25H29F2N3O3/c1-15-10-11-29(19-6-3-7-19)21-14-28-13-17(23(31)24(32)22(28)25(33)30(15)21)5-2-4-16-8-9-18(26)12-20(16)27/h8-9,12-13,15,19,21,32H,2-7,10-11,14H2,1H3/t15-,21-/m0/s1. The van der Waals surface area contributed by atoms with Gasteiger partial charge in [0, 0.05) is 36.5 Å². The van der Waals surface area contributed by atoms with Gasteiger partial charge in [0.1, 0.15) is 17.8 Å². The molecular weight excluding hydrogens is 428 g/mol. The molecule has 1 saturated carbocycles. The average molecular weight is 458 g/mol. The summed E-state index contributed by atoms with van der Waals surface area (Å²) in [5.41, 5.74) is 0.302. The van der Waals surface area contributed by atoms with Crippen molar-refractivity contribution < 1.29 is 18.7 Å². The van der Waals surface area contributed by atoms with Gasteiger partial charge in [0.25, 0.3) is 5.91 Å². The molecular formula is C25H29F2N3O3. The molecule has 176 valence electrons. The van der Waals surface area contributed by atoms with Gasteiger partial charge in [0.2, 0.25) is 5.43 Å². The van der Waals surface area contributed by atoms with Crippen molar-refractivity contribution in [3.05, 3.63) is 63.1 Å². The number of halogens is 2. The topological polar surface area (TPSA) is 65.8 Å². The zero-order valence-electron chi connectivity index (χ0n) is 18.8. The van der Waals surface area contributed by atoms with Crippen molar-refractivity contribution in [2.45, 2.75) is 76.7 Å². The maximum atomic E-state index is 13.9. The Labute approximate surface area is 191 Å². The SMILES string of the molecule is C[C@H]1CCN(C2CCC2)[C@@H]2Cn3cc(CCCc4ccc(F)cc4F)c(=O)c(O)c3C(=O)N12. The van der Waals surface area contributed by atoms with Crippen molar-refractivity contribution in [3.8, 4) is 5.75 Å². The van der Waals surface area contributed by atoms with Crippen molar-refractivity contribution >= 4 is 5.91 Å². The highest BCUT2D eigenvalue weighted by Crippen LogP contribution is 2.36. The molecule has 3 heterocycles. The number of carbonyl (C=O) groups excluding carboxylic acids is 1. The summed E-state index contributed by atoms with van der Waals surface area (Å²) in [6, 6.07) is 4.01. The first kappa shape index (κ1) is 22.1. The molecule has 1 saturated heterocycles. The Morgan fingerprint density at radius 2 is 1.85 bits per heavy atom. The van der Waals surface area contributed by atoms with Gasteiger partial charge in [-0.05, 0) is 57.1 Å². The first-order valence-electron chi connectivity index (χ1n) is 11.8. The number of aromatic hydroxyl groups is 1. The Balaban J connectivity index is 1.40. The zero-order chi connectivity index (χ0) is 23.3. The molecule has 1 aromatic heterocycles. The van der Waals surface area contributed by atoms with Gasteiger partial charge in [0.15, 0.2) is 11.4 Å². The second-order valence-corrected chi connectivity index (χ2v) is 9.58. The molecule has 2 fully saturated rings. The summed E-state index contributed by atoms with van der Waals surface area (Å²) in [6.07, 6.45) is 7.10. The fourth-order valence-electron chi connectivity index (χ4n) is 5.50. The predicted octanol–water partition coefficient (Wildman–Crippen LogP) is 3.44. The van der Waals surface area contributed by atoms with Gasteiger partial charge in [-0.15, -0.1) is 0 Å². The Morgan fingerprint density at radius 1 is 1.09 bits per heavy atom. The fraction of sp³-hybridized carbons (Fsp3) is 0.520. The lowest BCUT2D eigenvalue weighted by atomic mass is 9.89. The van der Waals surface area contributed by atoms with Crippen LogP contribution >= 0.6 is 0 Å². The molecule has 33 heavy (non-hydrogen) atoms. The van der Waals surface area contributed by atoms with Crippen molar-refractivity contribution in [1.29, 1.82) is 0 Å². The first-order chi connectivity index (χ1) is 15.8. The van der Waals surface area contributed by atoms with Crippen LogP contribution in [0.15, 0.2) is 29.2 Å². The summed E-state index contributed by atoms with van der Waals surface area (Å²) in [5, 5.41) is 10.7. The van der Waals surface area contributed by atoms with Crippen molar-refractivity contribution in [3.63, 3.8) is 0 Å². The van der Waals surface area contributed by atoms with Gasteiger partial charge in [0.05, 0.1) is 6.54 Å². The lowest BCUT2D eigenvalue weighted by Gasteiger charge is -2.54. The van der Waals surface area contributed by atoms with Crippen LogP contribution < -0.4 is 5.43 Å². The number of hydrogen-bond donors (Lipinski definition) is 1. The smallest absolute Gasteiger partial charge is 0.276 e. The summed E-state index contributed by atoms with van der Waals surface area (Å²) in [6.45, 7) is 3.48. The number of rotatable bonds is 5. The van der Waals surface area contributed by atoms with Crippen LogP contribution in [0.3, 0.4) is 0 Å². The largest absolute Gasteiger partial charge is 0.503 e. The Morgan fingerprint density at radius 3 is 2.55 bits per heavy atom. The highest BCUT2D eigenvalue weighted by Gasteiger charge is 2.45. The summed E-state index contributed by atoms with van der Waals surface area (Å²) in [4.78, 5) is 30.5. The maximum absolute atomic E-state index is 13.9. The van der Waals surface area contributed by atoms with Crippen LogP contribution in [0.2, 0.25) is 0 Å². The molecule has 6 nitrogen and oxygen atoms in total. The summed E-state index contributed by atoms with van der Waals surface area (Å²) in [5.74, 6) is -2.02. The quantitative estimate of drug-likeness (QED) is 0.747. The predicted molar refractivity (Wildman–Crippen MR) is 119 cm³/mol. The molecule has 2 atom stereocenters. The van der Waals surface area contributed by atoms with E-state index < -0.39 is 22.8 Å². The molecule has 8 heteroatoms. The van der Waals surface area contributed by atoms with Crippen LogP contribution in [0.1, 0.15) is 60.6 Å². The molecule has 0 spiro atoms. The number of benzene rings is 1. The van der Waals surface area contributed by atoms with Crippen molar-refractivity contribution in [1.82, 2.24) is 14.4 Å². The maximum Gasteiger partial charge on any atom is 0.276 e. The number of amides is 1. The van der Waals surface area contributed by atoms with Gasteiger partial charge < -0.3 is 14.6 Å². The second kappa shape index (κ2) is 8.56. The lowest BCUT2D eigenvalue weighted by molar-refractivity contribution is -0.0661. The minimum Gasteiger partial charge on any atom is -0.503 e. The van der Waals surface area contributed by atoms with E-state index in [1.165, 1.54) is 18.6 Å². The number of pyridine rings is 1. The second-order valence-electron chi connectivity index (χ2n) is 9.58.